The highest BCUT2D eigenvalue weighted by Crippen LogP contribution is 2.19. The largest absolute Gasteiger partial charge is 0.396 e. The molecule has 0 saturated carbocycles. The summed E-state index contributed by atoms with van der Waals surface area (Å²) in [5.74, 6) is -0.306. The maximum absolute atomic E-state index is 10.4. The zero-order valence-corrected chi connectivity index (χ0v) is 7.01. The summed E-state index contributed by atoms with van der Waals surface area (Å²) < 4.78 is 0. The summed E-state index contributed by atoms with van der Waals surface area (Å²) >= 11 is 0. The van der Waals surface area contributed by atoms with Crippen molar-refractivity contribution in [2.24, 2.45) is 0 Å². The van der Waals surface area contributed by atoms with Gasteiger partial charge in [0.2, 0.25) is 0 Å². The molecule has 1 radical (unpaired) electrons. The third kappa shape index (κ3) is 2.26. The van der Waals surface area contributed by atoms with Gasteiger partial charge < -0.3 is 5.11 Å². The molecular weight excluding hydrogens is 170 g/mol. The molecule has 0 aliphatic heterocycles. The number of benzene rings is 1. The van der Waals surface area contributed by atoms with E-state index in [0.29, 0.717) is 5.56 Å². The molecule has 1 aromatic carbocycles. The average Bonchev–Trinajstić information content (AvgIpc) is 2.17. The highest BCUT2D eigenvalue weighted by molar-refractivity contribution is 5.36. The van der Waals surface area contributed by atoms with Gasteiger partial charge in [-0.05, 0) is 12.5 Å². The van der Waals surface area contributed by atoms with Gasteiger partial charge in [-0.15, -0.1) is 0 Å². The fourth-order valence-corrected chi connectivity index (χ4v) is 0.998. The highest BCUT2D eigenvalue weighted by Gasteiger charge is 2.09. The molecule has 0 spiro atoms. The van der Waals surface area contributed by atoms with Crippen molar-refractivity contribution in [1.29, 1.82) is 0 Å². The molecule has 4 nitrogen and oxygen atoms in total. The zero-order valence-electron chi connectivity index (χ0n) is 7.01. The van der Waals surface area contributed by atoms with Gasteiger partial charge in [-0.2, -0.15) is 0 Å². The van der Waals surface area contributed by atoms with Crippen molar-refractivity contribution >= 4 is 5.69 Å². The van der Waals surface area contributed by atoms with E-state index in [1.54, 1.807) is 12.1 Å². The number of hydrogen-bond donors (Lipinski definition) is 1. The Labute approximate surface area is 76.0 Å². The quantitative estimate of drug-likeness (QED) is 0.566. The number of non-ortho nitro benzene ring substituents is 1. The SMILES string of the molecule is [CH2]C(CO)c1cccc([N+](=O)[O-])c1. The van der Waals surface area contributed by atoms with Crippen LogP contribution in [0.4, 0.5) is 5.69 Å². The monoisotopic (exact) mass is 180 g/mol. The molecule has 0 bridgehead atoms. The van der Waals surface area contributed by atoms with E-state index in [4.69, 9.17) is 5.11 Å². The maximum Gasteiger partial charge on any atom is 0.269 e. The standard InChI is InChI=1S/C9H10NO3/c1-7(6-11)8-3-2-4-9(5-8)10(12)13/h2-5,7,11H,1,6H2. The van der Waals surface area contributed by atoms with Gasteiger partial charge in [-0.25, -0.2) is 0 Å². The van der Waals surface area contributed by atoms with Crippen LogP contribution in [0.3, 0.4) is 0 Å². The van der Waals surface area contributed by atoms with E-state index in [1.165, 1.54) is 12.1 Å². The Morgan fingerprint density at radius 3 is 2.85 bits per heavy atom. The summed E-state index contributed by atoms with van der Waals surface area (Å²) in [6.45, 7) is 3.54. The summed E-state index contributed by atoms with van der Waals surface area (Å²) in [5.41, 5.74) is 0.705. The molecule has 0 fully saturated rings. The van der Waals surface area contributed by atoms with Crippen LogP contribution < -0.4 is 0 Å². The summed E-state index contributed by atoms with van der Waals surface area (Å²) in [4.78, 5) is 9.92. The van der Waals surface area contributed by atoms with E-state index in [2.05, 4.69) is 6.92 Å². The predicted molar refractivity (Wildman–Crippen MR) is 48.3 cm³/mol. The van der Waals surface area contributed by atoms with Crippen LogP contribution in [0.25, 0.3) is 0 Å². The Bertz CT molecular complexity index is 311. The van der Waals surface area contributed by atoms with Crippen LogP contribution in [0, 0.1) is 17.0 Å². The molecule has 1 atom stereocenters. The first-order valence-electron chi connectivity index (χ1n) is 3.83. The summed E-state index contributed by atoms with van der Waals surface area (Å²) in [5, 5.41) is 19.2. The van der Waals surface area contributed by atoms with Gasteiger partial charge in [-0.3, -0.25) is 10.1 Å². The number of nitrogens with zero attached hydrogens (tertiary/aromatic N) is 1. The molecule has 0 amide bonds. The molecule has 13 heavy (non-hydrogen) atoms. The van der Waals surface area contributed by atoms with Gasteiger partial charge in [0.15, 0.2) is 0 Å². The van der Waals surface area contributed by atoms with Crippen molar-refractivity contribution in [3.05, 3.63) is 46.9 Å². The lowest BCUT2D eigenvalue weighted by atomic mass is 10.0. The first kappa shape index (κ1) is 9.67. The van der Waals surface area contributed by atoms with Gasteiger partial charge in [0.1, 0.15) is 0 Å². The van der Waals surface area contributed by atoms with Crippen molar-refractivity contribution < 1.29 is 10.0 Å². The van der Waals surface area contributed by atoms with Gasteiger partial charge in [-0.1, -0.05) is 12.1 Å². The molecule has 0 saturated heterocycles. The lowest BCUT2D eigenvalue weighted by molar-refractivity contribution is -0.384. The van der Waals surface area contributed by atoms with Crippen molar-refractivity contribution in [3.8, 4) is 0 Å². The van der Waals surface area contributed by atoms with Crippen LogP contribution in [0.1, 0.15) is 11.5 Å². The van der Waals surface area contributed by atoms with Gasteiger partial charge >= 0.3 is 0 Å². The van der Waals surface area contributed by atoms with Crippen molar-refractivity contribution in [1.82, 2.24) is 0 Å². The zero-order chi connectivity index (χ0) is 9.84. The number of rotatable bonds is 3. The van der Waals surface area contributed by atoms with E-state index < -0.39 is 4.92 Å². The number of aliphatic hydroxyl groups excluding tert-OH is 1. The first-order chi connectivity index (χ1) is 6.15. The summed E-state index contributed by atoms with van der Waals surface area (Å²) in [6.07, 6.45) is 0. The van der Waals surface area contributed by atoms with E-state index in [-0.39, 0.29) is 18.2 Å². The molecule has 0 aliphatic carbocycles. The third-order valence-corrected chi connectivity index (χ3v) is 1.77. The van der Waals surface area contributed by atoms with E-state index in [0.717, 1.165) is 0 Å². The Morgan fingerprint density at radius 1 is 1.62 bits per heavy atom. The average molecular weight is 180 g/mol. The number of hydrogen-bond acceptors (Lipinski definition) is 3. The molecule has 1 rings (SSSR count). The minimum Gasteiger partial charge on any atom is -0.396 e. The van der Waals surface area contributed by atoms with Gasteiger partial charge in [0, 0.05) is 24.7 Å². The minimum atomic E-state index is -0.465. The van der Waals surface area contributed by atoms with Crippen molar-refractivity contribution in [3.63, 3.8) is 0 Å². The predicted octanol–water partition coefficient (Wildman–Crippen LogP) is 1.50. The van der Waals surface area contributed by atoms with Crippen LogP contribution in [-0.4, -0.2) is 16.6 Å². The van der Waals surface area contributed by atoms with Crippen LogP contribution in [0.15, 0.2) is 24.3 Å². The lowest BCUT2D eigenvalue weighted by Gasteiger charge is -2.06. The Kier molecular flexibility index (Phi) is 2.97. The highest BCUT2D eigenvalue weighted by atomic mass is 16.6. The fourth-order valence-electron chi connectivity index (χ4n) is 0.998. The molecular formula is C9H10NO3. The maximum atomic E-state index is 10.4. The topological polar surface area (TPSA) is 63.4 Å². The summed E-state index contributed by atoms with van der Waals surface area (Å²) in [6, 6.07) is 6.13. The van der Waals surface area contributed by atoms with E-state index >= 15 is 0 Å². The minimum absolute atomic E-state index is 0.0274. The summed E-state index contributed by atoms with van der Waals surface area (Å²) in [7, 11) is 0. The molecule has 4 heteroatoms. The first-order valence-corrected chi connectivity index (χ1v) is 3.83. The molecule has 0 aliphatic rings. The molecule has 1 aromatic rings. The van der Waals surface area contributed by atoms with Crippen LogP contribution in [0.5, 0.6) is 0 Å². The van der Waals surface area contributed by atoms with Crippen molar-refractivity contribution in [2.45, 2.75) is 5.92 Å². The van der Waals surface area contributed by atoms with E-state index in [1.807, 2.05) is 0 Å². The van der Waals surface area contributed by atoms with Crippen molar-refractivity contribution in [2.75, 3.05) is 6.61 Å². The van der Waals surface area contributed by atoms with Crippen LogP contribution >= 0.6 is 0 Å². The third-order valence-electron chi connectivity index (χ3n) is 1.77. The second kappa shape index (κ2) is 4.00. The second-order valence-electron chi connectivity index (χ2n) is 2.73. The number of nitro groups is 1. The number of nitro benzene ring substituents is 1. The van der Waals surface area contributed by atoms with Crippen LogP contribution in [0.2, 0.25) is 0 Å². The van der Waals surface area contributed by atoms with Crippen LogP contribution in [-0.2, 0) is 0 Å². The Hall–Kier alpha value is -1.42. The second-order valence-corrected chi connectivity index (χ2v) is 2.73. The Morgan fingerprint density at radius 2 is 2.31 bits per heavy atom. The smallest absolute Gasteiger partial charge is 0.269 e. The van der Waals surface area contributed by atoms with Gasteiger partial charge in [0.25, 0.3) is 5.69 Å². The van der Waals surface area contributed by atoms with E-state index in [9.17, 15) is 10.1 Å². The lowest BCUT2D eigenvalue weighted by Crippen LogP contribution is -1.99. The molecule has 0 heterocycles. The molecule has 1 N–H and O–H groups in total. The molecule has 69 valence electrons. The Balaban J connectivity index is 2.98. The number of aliphatic hydroxyl groups is 1. The van der Waals surface area contributed by atoms with Gasteiger partial charge in [0.05, 0.1) is 4.92 Å². The molecule has 0 aromatic heterocycles. The molecule has 1 unspecified atom stereocenters. The fraction of sp³-hybridized carbons (Fsp3) is 0.222. The normalized spacial score (nSPS) is 12.5.